The van der Waals surface area contributed by atoms with Gasteiger partial charge in [-0.3, -0.25) is 0 Å². The van der Waals surface area contributed by atoms with Gasteiger partial charge in [-0.05, 0) is 73.2 Å². The fourth-order valence-corrected chi connectivity index (χ4v) is 2.92. The second-order valence-electron chi connectivity index (χ2n) is 5.13. The highest BCUT2D eigenvalue weighted by molar-refractivity contribution is 9.10. The molecule has 2 rings (SSSR count). The first-order valence-corrected chi connectivity index (χ1v) is 7.22. The van der Waals surface area contributed by atoms with Gasteiger partial charge in [0.05, 0.1) is 0 Å². The third kappa shape index (κ3) is 2.75. The molecule has 0 amide bonds. The van der Waals surface area contributed by atoms with Gasteiger partial charge in [-0.2, -0.15) is 0 Å². The zero-order valence-corrected chi connectivity index (χ0v) is 13.4. The molecule has 0 bridgehead atoms. The molecular formula is C17H19BrO. The van der Waals surface area contributed by atoms with Crippen molar-refractivity contribution in [3.8, 4) is 0 Å². The first-order chi connectivity index (χ1) is 8.91. The van der Waals surface area contributed by atoms with Crippen molar-refractivity contribution < 1.29 is 5.11 Å². The van der Waals surface area contributed by atoms with Gasteiger partial charge < -0.3 is 5.11 Å². The molecule has 0 saturated heterocycles. The van der Waals surface area contributed by atoms with Crippen LogP contribution in [0.15, 0.2) is 34.8 Å². The maximum absolute atomic E-state index is 10.7. The molecule has 0 radical (unpaired) electrons. The molecule has 0 aliphatic carbocycles. The summed E-state index contributed by atoms with van der Waals surface area (Å²) in [7, 11) is 0. The predicted octanol–water partition coefficient (Wildman–Crippen LogP) is 4.76. The molecule has 2 aromatic rings. The van der Waals surface area contributed by atoms with Crippen molar-refractivity contribution in [2.45, 2.75) is 33.8 Å². The first kappa shape index (κ1) is 14.3. The molecule has 1 N–H and O–H groups in total. The van der Waals surface area contributed by atoms with E-state index < -0.39 is 6.10 Å². The Hall–Kier alpha value is -1.12. The number of hydrogen-bond donors (Lipinski definition) is 1. The van der Waals surface area contributed by atoms with E-state index in [1.165, 1.54) is 22.3 Å². The van der Waals surface area contributed by atoms with Crippen LogP contribution >= 0.6 is 15.9 Å². The van der Waals surface area contributed by atoms with Crippen molar-refractivity contribution >= 4 is 15.9 Å². The molecule has 1 nitrogen and oxygen atoms in total. The Labute approximate surface area is 123 Å². The Morgan fingerprint density at radius 1 is 0.947 bits per heavy atom. The number of rotatable bonds is 2. The third-order valence-electron chi connectivity index (χ3n) is 3.86. The lowest BCUT2D eigenvalue weighted by molar-refractivity contribution is 0.218. The smallest absolute Gasteiger partial charge is 0.105 e. The van der Waals surface area contributed by atoms with E-state index in [1.54, 1.807) is 0 Å². The predicted molar refractivity (Wildman–Crippen MR) is 83.6 cm³/mol. The lowest BCUT2D eigenvalue weighted by Crippen LogP contribution is -2.07. The van der Waals surface area contributed by atoms with E-state index in [1.807, 2.05) is 24.3 Å². The van der Waals surface area contributed by atoms with Crippen molar-refractivity contribution in [1.82, 2.24) is 0 Å². The first-order valence-electron chi connectivity index (χ1n) is 6.42. The second-order valence-corrected chi connectivity index (χ2v) is 6.05. The Kier molecular flexibility index (Phi) is 4.12. The Morgan fingerprint density at radius 2 is 1.53 bits per heavy atom. The van der Waals surface area contributed by atoms with Crippen LogP contribution in [0.3, 0.4) is 0 Å². The molecule has 0 aliphatic heterocycles. The van der Waals surface area contributed by atoms with Crippen LogP contribution in [0.2, 0.25) is 0 Å². The Bertz CT molecular complexity index is 591. The minimum absolute atomic E-state index is 0.573. The quantitative estimate of drug-likeness (QED) is 0.846. The largest absolute Gasteiger partial charge is 0.384 e. The standard InChI is InChI=1S/C17H19BrO/c1-10-8-11(2)13(4)16(12(10)3)17(19)14-6-5-7-15(18)9-14/h5-9,17,19H,1-4H3. The van der Waals surface area contributed by atoms with Crippen LogP contribution in [0.1, 0.15) is 39.5 Å². The highest BCUT2D eigenvalue weighted by Crippen LogP contribution is 2.32. The molecule has 0 saturated carbocycles. The molecule has 0 heterocycles. The molecule has 0 aromatic heterocycles. The monoisotopic (exact) mass is 318 g/mol. The summed E-state index contributed by atoms with van der Waals surface area (Å²) in [5.41, 5.74) is 6.77. The zero-order chi connectivity index (χ0) is 14.2. The highest BCUT2D eigenvalue weighted by Gasteiger charge is 2.18. The van der Waals surface area contributed by atoms with Crippen molar-refractivity contribution in [1.29, 1.82) is 0 Å². The molecule has 1 atom stereocenters. The van der Waals surface area contributed by atoms with Crippen LogP contribution in [-0.4, -0.2) is 5.11 Å². The van der Waals surface area contributed by atoms with Crippen molar-refractivity contribution in [2.24, 2.45) is 0 Å². The highest BCUT2D eigenvalue weighted by atomic mass is 79.9. The molecule has 0 fully saturated rings. The summed E-state index contributed by atoms with van der Waals surface area (Å²) in [5, 5.41) is 10.7. The summed E-state index contributed by atoms with van der Waals surface area (Å²) in [6.07, 6.45) is -0.573. The van der Waals surface area contributed by atoms with E-state index >= 15 is 0 Å². The number of benzene rings is 2. The zero-order valence-electron chi connectivity index (χ0n) is 11.8. The summed E-state index contributed by atoms with van der Waals surface area (Å²) in [5.74, 6) is 0. The van der Waals surface area contributed by atoms with Crippen molar-refractivity contribution in [2.75, 3.05) is 0 Å². The van der Waals surface area contributed by atoms with Gasteiger partial charge in [0.25, 0.3) is 0 Å². The van der Waals surface area contributed by atoms with Gasteiger partial charge in [-0.15, -0.1) is 0 Å². The van der Waals surface area contributed by atoms with Crippen molar-refractivity contribution in [3.05, 3.63) is 68.2 Å². The summed E-state index contributed by atoms with van der Waals surface area (Å²) in [6.45, 7) is 8.36. The molecule has 0 aliphatic rings. The molecule has 2 heteroatoms. The number of aliphatic hydroxyl groups is 1. The maximum atomic E-state index is 10.7. The van der Waals surface area contributed by atoms with Gasteiger partial charge >= 0.3 is 0 Å². The number of aryl methyl sites for hydroxylation is 2. The molecule has 0 spiro atoms. The van der Waals surface area contributed by atoms with Gasteiger partial charge in [0.1, 0.15) is 6.10 Å². The second kappa shape index (κ2) is 5.48. The van der Waals surface area contributed by atoms with E-state index in [0.29, 0.717) is 0 Å². The Balaban J connectivity index is 2.59. The van der Waals surface area contributed by atoms with E-state index in [4.69, 9.17) is 0 Å². The lowest BCUT2D eigenvalue weighted by atomic mass is 9.88. The maximum Gasteiger partial charge on any atom is 0.105 e. The van der Waals surface area contributed by atoms with Crippen LogP contribution < -0.4 is 0 Å². The fraction of sp³-hybridized carbons (Fsp3) is 0.294. The van der Waals surface area contributed by atoms with Crippen LogP contribution in [0.4, 0.5) is 0 Å². The minimum atomic E-state index is -0.573. The average Bonchev–Trinajstić information content (AvgIpc) is 2.36. The van der Waals surface area contributed by atoms with Crippen LogP contribution in [-0.2, 0) is 0 Å². The number of aliphatic hydroxyl groups excluding tert-OH is 1. The topological polar surface area (TPSA) is 20.2 Å². The molecule has 19 heavy (non-hydrogen) atoms. The molecule has 2 aromatic carbocycles. The van der Waals surface area contributed by atoms with Crippen LogP contribution in [0, 0.1) is 27.7 Å². The number of halogens is 1. The Morgan fingerprint density at radius 3 is 2.05 bits per heavy atom. The lowest BCUT2D eigenvalue weighted by Gasteiger charge is -2.20. The van der Waals surface area contributed by atoms with Crippen LogP contribution in [0.25, 0.3) is 0 Å². The summed E-state index contributed by atoms with van der Waals surface area (Å²) >= 11 is 3.46. The van der Waals surface area contributed by atoms with Gasteiger partial charge in [0.15, 0.2) is 0 Å². The van der Waals surface area contributed by atoms with Gasteiger partial charge in [-0.1, -0.05) is 34.1 Å². The van der Waals surface area contributed by atoms with E-state index in [9.17, 15) is 5.11 Å². The van der Waals surface area contributed by atoms with Gasteiger partial charge in [0, 0.05) is 4.47 Å². The summed E-state index contributed by atoms with van der Waals surface area (Å²) in [6, 6.07) is 10.0. The molecular weight excluding hydrogens is 300 g/mol. The van der Waals surface area contributed by atoms with Crippen LogP contribution in [0.5, 0.6) is 0 Å². The summed E-state index contributed by atoms with van der Waals surface area (Å²) in [4.78, 5) is 0. The van der Waals surface area contributed by atoms with E-state index in [-0.39, 0.29) is 0 Å². The summed E-state index contributed by atoms with van der Waals surface area (Å²) < 4.78 is 0.990. The number of hydrogen-bond acceptors (Lipinski definition) is 1. The fourth-order valence-electron chi connectivity index (χ4n) is 2.50. The molecule has 100 valence electrons. The third-order valence-corrected chi connectivity index (χ3v) is 4.36. The molecule has 1 unspecified atom stereocenters. The van der Waals surface area contributed by atoms with Crippen molar-refractivity contribution in [3.63, 3.8) is 0 Å². The van der Waals surface area contributed by atoms with E-state index in [2.05, 4.69) is 49.7 Å². The minimum Gasteiger partial charge on any atom is -0.384 e. The van der Waals surface area contributed by atoms with Gasteiger partial charge in [-0.25, -0.2) is 0 Å². The van der Waals surface area contributed by atoms with E-state index in [0.717, 1.165) is 15.6 Å². The van der Waals surface area contributed by atoms with Gasteiger partial charge in [0.2, 0.25) is 0 Å². The average molecular weight is 319 g/mol. The normalized spacial score (nSPS) is 12.5. The SMILES string of the molecule is Cc1cc(C)c(C)c(C(O)c2cccc(Br)c2)c1C.